The Morgan fingerprint density at radius 2 is 2.10 bits per heavy atom. The zero-order valence-corrected chi connectivity index (χ0v) is 17.7. The first-order valence-electron chi connectivity index (χ1n) is 9.62. The molecule has 1 aromatic heterocycles. The normalized spacial score (nSPS) is 17.0. The molecular formula is C21H21ClF2N4O3. The molecule has 3 aromatic rings. The highest BCUT2D eigenvalue weighted by Gasteiger charge is 2.20. The van der Waals surface area contributed by atoms with Crippen molar-refractivity contribution in [1.29, 1.82) is 0 Å². The number of anilines is 2. The predicted molar refractivity (Wildman–Crippen MR) is 113 cm³/mol. The third-order valence-corrected chi connectivity index (χ3v) is 5.32. The maximum atomic E-state index is 14.3. The van der Waals surface area contributed by atoms with E-state index in [4.69, 9.17) is 25.8 Å². The Morgan fingerprint density at radius 1 is 1.26 bits per heavy atom. The van der Waals surface area contributed by atoms with E-state index in [1.54, 1.807) is 12.1 Å². The third kappa shape index (κ3) is 4.63. The van der Waals surface area contributed by atoms with Crippen LogP contribution in [0.5, 0.6) is 11.5 Å². The first kappa shape index (κ1) is 21.5. The zero-order valence-electron chi connectivity index (χ0n) is 17.0. The highest BCUT2D eigenvalue weighted by atomic mass is 35.5. The molecule has 1 unspecified atom stereocenters. The van der Waals surface area contributed by atoms with E-state index in [1.165, 1.54) is 19.5 Å². The number of methoxy groups -OCH3 is 1. The summed E-state index contributed by atoms with van der Waals surface area (Å²) in [7, 11) is 3.56. The number of likely N-dealkylation sites (N-methyl/N-ethyl adjacent to an activating group) is 1. The van der Waals surface area contributed by atoms with Gasteiger partial charge < -0.3 is 24.4 Å². The SMILES string of the molecule is COc1cc2c(Nc3ccc(F)c(Cl)c3F)ncnc2cc1OCC1CN(C)CCO1. The molecule has 0 saturated carbocycles. The van der Waals surface area contributed by atoms with Crippen molar-refractivity contribution >= 4 is 34.0 Å². The Labute approximate surface area is 182 Å². The van der Waals surface area contributed by atoms with Crippen molar-refractivity contribution in [2.24, 2.45) is 0 Å². The lowest BCUT2D eigenvalue weighted by molar-refractivity contribution is -0.0406. The summed E-state index contributed by atoms with van der Waals surface area (Å²) < 4.78 is 44.9. The summed E-state index contributed by atoms with van der Waals surface area (Å²) >= 11 is 5.67. The van der Waals surface area contributed by atoms with E-state index in [1.807, 2.05) is 7.05 Å². The molecular weight excluding hydrogens is 430 g/mol. The number of nitrogens with zero attached hydrogens (tertiary/aromatic N) is 3. The van der Waals surface area contributed by atoms with Crippen molar-refractivity contribution in [2.75, 3.05) is 45.8 Å². The van der Waals surface area contributed by atoms with Gasteiger partial charge in [0.05, 0.1) is 24.9 Å². The van der Waals surface area contributed by atoms with E-state index in [-0.39, 0.29) is 11.8 Å². The van der Waals surface area contributed by atoms with Gasteiger partial charge in [0.15, 0.2) is 17.3 Å². The highest BCUT2D eigenvalue weighted by molar-refractivity contribution is 6.31. The molecule has 1 N–H and O–H groups in total. The van der Waals surface area contributed by atoms with Gasteiger partial charge in [-0.3, -0.25) is 0 Å². The highest BCUT2D eigenvalue weighted by Crippen LogP contribution is 2.36. The van der Waals surface area contributed by atoms with Crippen LogP contribution in [0.2, 0.25) is 5.02 Å². The van der Waals surface area contributed by atoms with E-state index >= 15 is 0 Å². The van der Waals surface area contributed by atoms with E-state index in [0.717, 1.165) is 19.2 Å². The fourth-order valence-corrected chi connectivity index (χ4v) is 3.50. The molecule has 7 nitrogen and oxygen atoms in total. The number of rotatable bonds is 6. The molecule has 0 aliphatic carbocycles. The van der Waals surface area contributed by atoms with Gasteiger partial charge in [-0.25, -0.2) is 18.7 Å². The Kier molecular flexibility index (Phi) is 6.35. The largest absolute Gasteiger partial charge is 0.493 e. The maximum Gasteiger partial charge on any atom is 0.168 e. The first-order valence-corrected chi connectivity index (χ1v) is 10.00. The first-order chi connectivity index (χ1) is 15.0. The van der Waals surface area contributed by atoms with Crippen molar-refractivity contribution in [3.8, 4) is 11.5 Å². The fraction of sp³-hybridized carbons (Fsp3) is 0.333. The Bertz CT molecular complexity index is 1100. The van der Waals surface area contributed by atoms with Crippen molar-refractivity contribution in [3.05, 3.63) is 47.2 Å². The number of hydrogen-bond acceptors (Lipinski definition) is 7. The Morgan fingerprint density at radius 3 is 2.87 bits per heavy atom. The van der Waals surface area contributed by atoms with Crippen LogP contribution in [0.1, 0.15) is 0 Å². The van der Waals surface area contributed by atoms with Gasteiger partial charge in [0, 0.05) is 24.5 Å². The van der Waals surface area contributed by atoms with Crippen molar-refractivity contribution in [1.82, 2.24) is 14.9 Å². The van der Waals surface area contributed by atoms with Crippen LogP contribution in [0, 0.1) is 11.6 Å². The second kappa shape index (κ2) is 9.17. The topological polar surface area (TPSA) is 68.7 Å². The minimum Gasteiger partial charge on any atom is -0.493 e. The summed E-state index contributed by atoms with van der Waals surface area (Å²) in [6.07, 6.45) is 1.29. The number of morpholine rings is 1. The van der Waals surface area contributed by atoms with Crippen LogP contribution >= 0.6 is 11.6 Å². The molecule has 164 valence electrons. The average Bonchev–Trinajstić information content (AvgIpc) is 2.77. The lowest BCUT2D eigenvalue weighted by Crippen LogP contribution is -2.42. The summed E-state index contributed by atoms with van der Waals surface area (Å²) in [5.74, 6) is -0.458. The summed E-state index contributed by atoms with van der Waals surface area (Å²) in [5, 5.41) is 2.82. The molecule has 1 fully saturated rings. The zero-order chi connectivity index (χ0) is 22.0. The number of halogens is 3. The van der Waals surface area contributed by atoms with Crippen LogP contribution in [-0.2, 0) is 4.74 Å². The number of benzene rings is 2. The lowest BCUT2D eigenvalue weighted by atomic mass is 10.2. The van der Waals surface area contributed by atoms with E-state index in [0.29, 0.717) is 41.4 Å². The standard InChI is InChI=1S/C21H21ClF2N4O3/c1-28-5-6-30-12(9-28)10-31-18-8-16-13(7-17(18)29-2)21(26-11-25-16)27-15-4-3-14(23)19(22)20(15)24/h3-4,7-8,11-12H,5-6,9-10H2,1-2H3,(H,25,26,27). The molecule has 31 heavy (non-hydrogen) atoms. The summed E-state index contributed by atoms with van der Waals surface area (Å²) in [4.78, 5) is 10.6. The van der Waals surface area contributed by atoms with Gasteiger partial charge in [0.2, 0.25) is 0 Å². The van der Waals surface area contributed by atoms with Gasteiger partial charge in [0.25, 0.3) is 0 Å². The molecule has 0 bridgehead atoms. The second-order valence-corrected chi connectivity index (χ2v) is 7.53. The number of aromatic nitrogens is 2. The minimum atomic E-state index is -0.905. The van der Waals surface area contributed by atoms with E-state index in [2.05, 4.69) is 20.2 Å². The van der Waals surface area contributed by atoms with E-state index < -0.39 is 16.7 Å². The molecule has 2 aromatic carbocycles. The number of hydrogen-bond donors (Lipinski definition) is 1. The molecule has 1 atom stereocenters. The van der Waals surface area contributed by atoms with Crippen LogP contribution in [0.3, 0.4) is 0 Å². The lowest BCUT2D eigenvalue weighted by Gasteiger charge is -2.30. The molecule has 1 aliphatic heterocycles. The van der Waals surface area contributed by atoms with Crippen LogP contribution in [-0.4, -0.2) is 61.4 Å². The summed E-state index contributed by atoms with van der Waals surface area (Å²) in [5.41, 5.74) is 0.549. The van der Waals surface area contributed by atoms with Crippen LogP contribution < -0.4 is 14.8 Å². The molecule has 10 heteroatoms. The minimum absolute atomic E-state index is 0.00994. The van der Waals surface area contributed by atoms with E-state index in [9.17, 15) is 8.78 Å². The van der Waals surface area contributed by atoms with Gasteiger partial charge >= 0.3 is 0 Å². The third-order valence-electron chi connectivity index (χ3n) is 4.98. The molecule has 1 saturated heterocycles. The Balaban J connectivity index is 1.61. The average molecular weight is 451 g/mol. The molecule has 0 radical (unpaired) electrons. The number of nitrogens with one attached hydrogen (secondary N) is 1. The quantitative estimate of drug-likeness (QED) is 0.569. The monoisotopic (exact) mass is 450 g/mol. The molecule has 0 spiro atoms. The van der Waals surface area contributed by atoms with Gasteiger partial charge in [-0.05, 0) is 25.2 Å². The van der Waals surface area contributed by atoms with Gasteiger partial charge in [-0.15, -0.1) is 0 Å². The van der Waals surface area contributed by atoms with Crippen LogP contribution in [0.25, 0.3) is 10.9 Å². The van der Waals surface area contributed by atoms with Crippen LogP contribution in [0.4, 0.5) is 20.3 Å². The summed E-state index contributed by atoms with van der Waals surface area (Å²) in [6, 6.07) is 5.75. The van der Waals surface area contributed by atoms with Gasteiger partial charge in [-0.1, -0.05) is 11.6 Å². The van der Waals surface area contributed by atoms with Crippen molar-refractivity contribution < 1.29 is 23.0 Å². The Hall–Kier alpha value is -2.75. The smallest absolute Gasteiger partial charge is 0.168 e. The second-order valence-electron chi connectivity index (χ2n) is 7.16. The maximum absolute atomic E-state index is 14.3. The van der Waals surface area contributed by atoms with Crippen molar-refractivity contribution in [3.63, 3.8) is 0 Å². The summed E-state index contributed by atoms with van der Waals surface area (Å²) in [6.45, 7) is 2.69. The molecule has 4 rings (SSSR count). The fourth-order valence-electron chi connectivity index (χ4n) is 3.34. The predicted octanol–water partition coefficient (Wildman–Crippen LogP) is 4.02. The number of ether oxygens (including phenoxy) is 3. The van der Waals surface area contributed by atoms with Gasteiger partial charge in [0.1, 0.15) is 35.7 Å². The molecule has 1 aliphatic rings. The van der Waals surface area contributed by atoms with Crippen LogP contribution in [0.15, 0.2) is 30.6 Å². The number of fused-ring (bicyclic) bond motifs is 1. The molecule has 2 heterocycles. The van der Waals surface area contributed by atoms with Gasteiger partial charge in [-0.2, -0.15) is 0 Å². The molecule has 0 amide bonds. The van der Waals surface area contributed by atoms with Crippen molar-refractivity contribution in [2.45, 2.75) is 6.10 Å².